The molecule has 0 radical (unpaired) electrons. The summed E-state index contributed by atoms with van der Waals surface area (Å²) in [6, 6.07) is 0. The van der Waals surface area contributed by atoms with E-state index < -0.39 is 0 Å². The monoisotopic (exact) mass is 358 g/mol. The lowest BCUT2D eigenvalue weighted by atomic mass is 9.44. The summed E-state index contributed by atoms with van der Waals surface area (Å²) in [6.07, 6.45) is 12.9. The highest BCUT2D eigenvalue weighted by Crippen LogP contribution is 2.68. The third kappa shape index (κ3) is 2.31. The Labute approximate surface area is 157 Å². The molecule has 1 heterocycles. The summed E-state index contributed by atoms with van der Waals surface area (Å²) in [5.41, 5.74) is 2.09. The fraction of sp³-hybridized carbons (Fsp3) is 0.870. The summed E-state index contributed by atoms with van der Waals surface area (Å²) in [6.45, 7) is 5.62. The van der Waals surface area contributed by atoms with Crippen LogP contribution >= 0.6 is 0 Å². The van der Waals surface area contributed by atoms with Gasteiger partial charge >= 0.3 is 5.97 Å². The molecule has 8 atom stereocenters. The smallest absolute Gasteiger partial charge is 0.331 e. The van der Waals surface area contributed by atoms with Gasteiger partial charge in [-0.15, -0.1) is 0 Å². The van der Waals surface area contributed by atoms with E-state index in [-0.39, 0.29) is 12.1 Å². The summed E-state index contributed by atoms with van der Waals surface area (Å²) in [4.78, 5) is 11.6. The molecule has 0 spiro atoms. The highest BCUT2D eigenvalue weighted by molar-refractivity contribution is 5.85. The van der Waals surface area contributed by atoms with Gasteiger partial charge in [0, 0.05) is 6.08 Å². The van der Waals surface area contributed by atoms with Crippen LogP contribution in [0.3, 0.4) is 0 Å². The van der Waals surface area contributed by atoms with E-state index in [1.807, 2.05) is 0 Å². The van der Waals surface area contributed by atoms with Crippen LogP contribution in [0.5, 0.6) is 0 Å². The minimum atomic E-state index is -0.130. The van der Waals surface area contributed by atoms with E-state index in [2.05, 4.69) is 13.8 Å². The predicted octanol–water partition coefficient (Wildman–Crippen LogP) is 4.49. The Balaban J connectivity index is 1.41. The van der Waals surface area contributed by atoms with Crippen LogP contribution in [-0.2, 0) is 9.53 Å². The normalized spacial score (nSPS) is 53.3. The van der Waals surface area contributed by atoms with Crippen LogP contribution < -0.4 is 0 Å². The molecule has 0 aromatic heterocycles. The predicted molar refractivity (Wildman–Crippen MR) is 100 cm³/mol. The largest absolute Gasteiger partial charge is 0.458 e. The van der Waals surface area contributed by atoms with Crippen molar-refractivity contribution in [3.05, 3.63) is 11.6 Å². The summed E-state index contributed by atoms with van der Waals surface area (Å²) < 4.78 is 5.25. The second-order valence-corrected chi connectivity index (χ2v) is 10.6. The molecule has 1 aliphatic heterocycles. The van der Waals surface area contributed by atoms with Gasteiger partial charge in [-0.05, 0) is 104 Å². The molecule has 0 saturated heterocycles. The molecule has 5 rings (SSSR count). The molecule has 4 fully saturated rings. The third-order valence-electron chi connectivity index (χ3n) is 9.77. The average Bonchev–Trinajstić information content (AvgIpc) is 3.18. The Morgan fingerprint density at radius 2 is 1.77 bits per heavy atom. The lowest BCUT2D eigenvalue weighted by molar-refractivity contribution is -0.135. The summed E-state index contributed by atoms with van der Waals surface area (Å²) in [5, 5.41) is 10.2. The number of fused-ring (bicyclic) bond motifs is 5. The lowest BCUT2D eigenvalue weighted by Crippen LogP contribution is -2.54. The lowest BCUT2D eigenvalue weighted by Gasteiger charge is -2.61. The number of carbonyl (C=O) groups excluding carboxylic acids is 1. The first kappa shape index (κ1) is 17.3. The summed E-state index contributed by atoms with van der Waals surface area (Å²) in [5.74, 6) is 3.67. The fourth-order valence-corrected chi connectivity index (χ4v) is 8.43. The van der Waals surface area contributed by atoms with E-state index in [9.17, 15) is 9.90 Å². The Morgan fingerprint density at radius 1 is 1.00 bits per heavy atom. The number of carbonyl (C=O) groups is 1. The SMILES string of the molecule is C[C@]12CC[C@H]3[C@@H](CCC4C[C@@H](O)CC[C@@]43C)[C@@H]1CC[C@@H]2C1=CC(=O)OC1. The Morgan fingerprint density at radius 3 is 2.54 bits per heavy atom. The molecule has 3 nitrogen and oxygen atoms in total. The molecular weight excluding hydrogens is 324 g/mol. The quantitative estimate of drug-likeness (QED) is 0.703. The van der Waals surface area contributed by atoms with Crippen molar-refractivity contribution in [2.75, 3.05) is 6.61 Å². The van der Waals surface area contributed by atoms with Crippen LogP contribution in [-0.4, -0.2) is 23.8 Å². The zero-order valence-electron chi connectivity index (χ0n) is 16.4. The van der Waals surface area contributed by atoms with Crippen molar-refractivity contribution >= 4 is 5.97 Å². The Kier molecular flexibility index (Phi) is 3.88. The second kappa shape index (κ2) is 5.83. The van der Waals surface area contributed by atoms with Crippen LogP contribution in [0, 0.1) is 40.4 Å². The first-order valence-electron chi connectivity index (χ1n) is 11.0. The van der Waals surface area contributed by atoms with Crippen LogP contribution in [0.4, 0.5) is 0 Å². The van der Waals surface area contributed by atoms with E-state index >= 15 is 0 Å². The maximum absolute atomic E-state index is 11.6. The van der Waals surface area contributed by atoms with Crippen molar-refractivity contribution in [3.8, 4) is 0 Å². The molecule has 5 aliphatic rings. The molecule has 3 heteroatoms. The van der Waals surface area contributed by atoms with E-state index in [1.54, 1.807) is 6.08 Å². The molecule has 1 unspecified atom stereocenters. The van der Waals surface area contributed by atoms with Crippen LogP contribution in [0.15, 0.2) is 11.6 Å². The molecule has 4 aliphatic carbocycles. The number of hydrogen-bond donors (Lipinski definition) is 1. The van der Waals surface area contributed by atoms with Crippen molar-refractivity contribution in [2.45, 2.75) is 77.7 Å². The topological polar surface area (TPSA) is 46.5 Å². The van der Waals surface area contributed by atoms with E-state index in [0.29, 0.717) is 23.4 Å². The summed E-state index contributed by atoms with van der Waals surface area (Å²) in [7, 11) is 0. The molecule has 1 N–H and O–H groups in total. The molecule has 0 aromatic carbocycles. The van der Waals surface area contributed by atoms with Gasteiger partial charge in [0.25, 0.3) is 0 Å². The second-order valence-electron chi connectivity index (χ2n) is 10.6. The van der Waals surface area contributed by atoms with Crippen molar-refractivity contribution in [1.82, 2.24) is 0 Å². The minimum Gasteiger partial charge on any atom is -0.458 e. The minimum absolute atomic E-state index is 0.0545. The number of ether oxygens (including phenoxy) is 1. The van der Waals surface area contributed by atoms with Gasteiger partial charge in [0.1, 0.15) is 6.61 Å². The van der Waals surface area contributed by atoms with E-state index in [1.165, 1.54) is 50.5 Å². The number of esters is 1. The Hall–Kier alpha value is -0.830. The van der Waals surface area contributed by atoms with Crippen molar-refractivity contribution in [3.63, 3.8) is 0 Å². The molecule has 144 valence electrons. The number of rotatable bonds is 1. The zero-order chi connectivity index (χ0) is 18.1. The average molecular weight is 359 g/mol. The fourth-order valence-electron chi connectivity index (χ4n) is 8.43. The van der Waals surface area contributed by atoms with Crippen LogP contribution in [0.1, 0.15) is 71.6 Å². The maximum Gasteiger partial charge on any atom is 0.331 e. The van der Waals surface area contributed by atoms with Gasteiger partial charge in [-0.3, -0.25) is 0 Å². The Bertz CT molecular complexity index is 639. The van der Waals surface area contributed by atoms with Crippen molar-refractivity contribution in [1.29, 1.82) is 0 Å². The van der Waals surface area contributed by atoms with Gasteiger partial charge in [-0.25, -0.2) is 4.79 Å². The highest BCUT2D eigenvalue weighted by atomic mass is 16.5. The van der Waals surface area contributed by atoms with Gasteiger partial charge in [-0.2, -0.15) is 0 Å². The van der Waals surface area contributed by atoms with E-state index in [4.69, 9.17) is 4.74 Å². The van der Waals surface area contributed by atoms with Crippen molar-refractivity contribution < 1.29 is 14.6 Å². The maximum atomic E-state index is 11.6. The third-order valence-corrected chi connectivity index (χ3v) is 9.77. The van der Waals surface area contributed by atoms with Gasteiger partial charge in [0.15, 0.2) is 0 Å². The molecule has 0 bridgehead atoms. The van der Waals surface area contributed by atoms with Gasteiger partial charge in [0.2, 0.25) is 0 Å². The molecule has 4 saturated carbocycles. The van der Waals surface area contributed by atoms with Crippen LogP contribution in [0.25, 0.3) is 0 Å². The summed E-state index contributed by atoms with van der Waals surface area (Å²) >= 11 is 0. The van der Waals surface area contributed by atoms with E-state index in [0.717, 1.165) is 36.5 Å². The highest BCUT2D eigenvalue weighted by Gasteiger charge is 2.60. The number of aliphatic hydroxyl groups excluding tert-OH is 1. The van der Waals surface area contributed by atoms with Crippen LogP contribution in [0.2, 0.25) is 0 Å². The van der Waals surface area contributed by atoms with Gasteiger partial charge in [-0.1, -0.05) is 13.8 Å². The van der Waals surface area contributed by atoms with Gasteiger partial charge < -0.3 is 9.84 Å². The van der Waals surface area contributed by atoms with Gasteiger partial charge in [0.05, 0.1) is 6.10 Å². The first-order valence-corrected chi connectivity index (χ1v) is 11.0. The molecule has 26 heavy (non-hydrogen) atoms. The van der Waals surface area contributed by atoms with Crippen molar-refractivity contribution in [2.24, 2.45) is 40.4 Å². The first-order chi connectivity index (χ1) is 12.4. The number of aliphatic hydroxyl groups is 1. The molecule has 0 aromatic rings. The molecule has 0 amide bonds. The molecular formula is C23H34O3. The number of hydrogen-bond acceptors (Lipinski definition) is 3. The zero-order valence-corrected chi connectivity index (χ0v) is 16.4. The standard InChI is InChI=1S/C23H34O3/c1-22-9-7-16(24)12-15(22)3-4-17-19-6-5-18(14-11-21(25)26-13-14)23(19,2)10-8-20(17)22/h11,15-20,24H,3-10,12-13H2,1-2H3/t15?,16-,17-,18+,19-,20-,22-,23+/m0/s1. The number of cyclic esters (lactones) is 1.